The third kappa shape index (κ3) is 3.56. The zero-order valence-corrected chi connectivity index (χ0v) is 16.4. The van der Waals surface area contributed by atoms with Crippen molar-refractivity contribution in [1.82, 2.24) is 20.0 Å². The van der Waals surface area contributed by atoms with E-state index in [9.17, 15) is 4.79 Å². The fourth-order valence-corrected chi connectivity index (χ4v) is 4.10. The van der Waals surface area contributed by atoms with Crippen molar-refractivity contribution in [2.45, 2.75) is 32.1 Å². The molecule has 0 fully saturated rings. The quantitative estimate of drug-likeness (QED) is 0.493. The molecular formula is C24H22N4O. The minimum absolute atomic E-state index is 0.121. The number of hydrogen-bond donors (Lipinski definition) is 0. The highest BCUT2D eigenvalue weighted by molar-refractivity contribution is 5.98. The standard InChI is InChI=1S/C24H22N4O/c1-28-15-23(26-27-28)18-7-9-20-14-25-22(12-21(20)11-18)13-24(29)19-8-6-16-4-2-3-5-17(16)10-19/h6-12,14-15H,2-5,13H2,1H3. The molecule has 0 radical (unpaired) electrons. The van der Waals surface area contributed by atoms with Crippen LogP contribution in [-0.4, -0.2) is 25.8 Å². The first kappa shape index (κ1) is 17.7. The van der Waals surface area contributed by atoms with Crippen molar-refractivity contribution in [2.75, 3.05) is 0 Å². The molecule has 5 nitrogen and oxygen atoms in total. The molecule has 0 spiro atoms. The zero-order chi connectivity index (χ0) is 19.8. The number of aromatic nitrogens is 4. The molecule has 0 atom stereocenters. The number of Topliss-reactive ketones (excluding diaryl/α,β-unsaturated/α-hetero) is 1. The predicted molar refractivity (Wildman–Crippen MR) is 113 cm³/mol. The molecule has 0 saturated heterocycles. The van der Waals surface area contributed by atoms with Crippen LogP contribution in [0.5, 0.6) is 0 Å². The summed E-state index contributed by atoms with van der Waals surface area (Å²) in [5.41, 5.74) is 6.15. The number of carbonyl (C=O) groups is 1. The first-order valence-corrected chi connectivity index (χ1v) is 10.1. The summed E-state index contributed by atoms with van der Waals surface area (Å²) >= 11 is 0. The van der Waals surface area contributed by atoms with Gasteiger partial charge in [-0.1, -0.05) is 29.5 Å². The van der Waals surface area contributed by atoms with Crippen molar-refractivity contribution in [3.8, 4) is 11.3 Å². The second-order valence-electron chi connectivity index (χ2n) is 7.81. The molecule has 0 unspecified atom stereocenters. The Labute approximate surface area is 169 Å². The van der Waals surface area contributed by atoms with Crippen LogP contribution < -0.4 is 0 Å². The third-order valence-electron chi connectivity index (χ3n) is 5.69. The number of pyridine rings is 1. The highest BCUT2D eigenvalue weighted by atomic mass is 16.1. The van der Waals surface area contributed by atoms with Gasteiger partial charge in [0.05, 0.1) is 12.6 Å². The van der Waals surface area contributed by atoms with Crippen LogP contribution in [0.15, 0.2) is 54.9 Å². The smallest absolute Gasteiger partial charge is 0.168 e. The van der Waals surface area contributed by atoms with E-state index in [1.54, 1.807) is 4.68 Å². The highest BCUT2D eigenvalue weighted by Crippen LogP contribution is 2.25. The van der Waals surface area contributed by atoms with Gasteiger partial charge in [-0.25, -0.2) is 0 Å². The SMILES string of the molecule is Cn1cc(-c2ccc3cnc(CC(=O)c4ccc5c(c4)CCCC5)cc3c2)nn1. The molecule has 4 aromatic rings. The molecule has 5 rings (SSSR count). The number of carbonyl (C=O) groups excluding carboxylic acids is 1. The summed E-state index contributed by atoms with van der Waals surface area (Å²) < 4.78 is 1.69. The van der Waals surface area contributed by atoms with Crippen molar-refractivity contribution in [1.29, 1.82) is 0 Å². The number of benzene rings is 2. The molecule has 5 heteroatoms. The van der Waals surface area contributed by atoms with Gasteiger partial charge >= 0.3 is 0 Å². The number of hydrogen-bond acceptors (Lipinski definition) is 4. The lowest BCUT2D eigenvalue weighted by Gasteiger charge is -2.16. The van der Waals surface area contributed by atoms with E-state index >= 15 is 0 Å². The highest BCUT2D eigenvalue weighted by Gasteiger charge is 2.14. The van der Waals surface area contributed by atoms with Crippen molar-refractivity contribution < 1.29 is 4.79 Å². The van der Waals surface area contributed by atoms with Crippen molar-refractivity contribution >= 4 is 16.6 Å². The number of ketones is 1. The van der Waals surface area contributed by atoms with Crippen LogP contribution in [0.2, 0.25) is 0 Å². The number of aryl methyl sites for hydroxylation is 3. The summed E-state index contributed by atoms with van der Waals surface area (Å²) in [7, 11) is 1.85. The molecule has 2 aromatic carbocycles. The van der Waals surface area contributed by atoms with Crippen LogP contribution in [0.1, 0.15) is 40.0 Å². The largest absolute Gasteiger partial charge is 0.294 e. The van der Waals surface area contributed by atoms with Gasteiger partial charge in [0.25, 0.3) is 0 Å². The van der Waals surface area contributed by atoms with Crippen molar-refractivity contribution in [3.05, 3.63) is 77.2 Å². The molecule has 1 aliphatic rings. The van der Waals surface area contributed by atoms with Crippen molar-refractivity contribution in [2.24, 2.45) is 7.05 Å². The van der Waals surface area contributed by atoms with E-state index in [2.05, 4.69) is 33.5 Å². The Morgan fingerprint density at radius 3 is 2.69 bits per heavy atom. The van der Waals surface area contributed by atoms with E-state index < -0.39 is 0 Å². The molecule has 0 N–H and O–H groups in total. The van der Waals surface area contributed by atoms with Gasteiger partial charge in [0.2, 0.25) is 0 Å². The van der Waals surface area contributed by atoms with Crippen molar-refractivity contribution in [3.63, 3.8) is 0 Å². The fourth-order valence-electron chi connectivity index (χ4n) is 4.10. The van der Waals surface area contributed by atoms with Crippen LogP contribution in [0.4, 0.5) is 0 Å². The normalized spacial score (nSPS) is 13.4. The first-order chi connectivity index (χ1) is 14.2. The van der Waals surface area contributed by atoms with Crippen LogP contribution in [0.3, 0.4) is 0 Å². The number of nitrogens with zero attached hydrogens (tertiary/aromatic N) is 4. The molecular weight excluding hydrogens is 360 g/mol. The zero-order valence-electron chi connectivity index (χ0n) is 16.4. The summed E-state index contributed by atoms with van der Waals surface area (Å²) in [6.45, 7) is 0. The van der Waals surface area contributed by atoms with E-state index in [1.807, 2.05) is 43.7 Å². The summed E-state index contributed by atoms with van der Waals surface area (Å²) in [6.07, 6.45) is 8.71. The Balaban J connectivity index is 1.42. The third-order valence-corrected chi connectivity index (χ3v) is 5.69. The molecule has 0 bridgehead atoms. The fraction of sp³-hybridized carbons (Fsp3) is 0.250. The van der Waals surface area contributed by atoms with Gasteiger partial charge < -0.3 is 0 Å². The van der Waals surface area contributed by atoms with E-state index in [0.717, 1.165) is 46.1 Å². The Bertz CT molecular complexity index is 1220. The molecule has 29 heavy (non-hydrogen) atoms. The molecule has 144 valence electrons. The maximum absolute atomic E-state index is 12.9. The monoisotopic (exact) mass is 382 g/mol. The van der Waals surface area contributed by atoms with Crippen LogP contribution in [-0.2, 0) is 26.3 Å². The Morgan fingerprint density at radius 2 is 1.86 bits per heavy atom. The summed E-state index contributed by atoms with van der Waals surface area (Å²) in [6, 6.07) is 14.3. The van der Waals surface area contributed by atoms with Gasteiger partial charge in [0.15, 0.2) is 5.78 Å². The Kier molecular flexibility index (Phi) is 4.43. The molecule has 1 aliphatic carbocycles. The molecule has 0 aliphatic heterocycles. The van der Waals surface area contributed by atoms with Gasteiger partial charge in [-0.2, -0.15) is 0 Å². The van der Waals surface area contributed by atoms with E-state index in [-0.39, 0.29) is 5.78 Å². The number of fused-ring (bicyclic) bond motifs is 2. The van der Waals surface area contributed by atoms with Gasteiger partial charge in [-0.05, 0) is 60.4 Å². The molecule has 2 aromatic heterocycles. The lowest BCUT2D eigenvalue weighted by atomic mass is 9.89. The van der Waals surface area contributed by atoms with E-state index in [4.69, 9.17) is 0 Å². The van der Waals surface area contributed by atoms with Gasteiger partial charge in [0.1, 0.15) is 5.69 Å². The average molecular weight is 382 g/mol. The van der Waals surface area contributed by atoms with Crippen LogP contribution >= 0.6 is 0 Å². The summed E-state index contributed by atoms with van der Waals surface area (Å²) in [5.74, 6) is 0.121. The van der Waals surface area contributed by atoms with Gasteiger partial charge in [-0.15, -0.1) is 5.10 Å². The second-order valence-corrected chi connectivity index (χ2v) is 7.81. The van der Waals surface area contributed by atoms with E-state index in [1.165, 1.54) is 24.0 Å². The molecule has 0 saturated carbocycles. The Hall–Kier alpha value is -3.34. The van der Waals surface area contributed by atoms with Crippen LogP contribution in [0, 0.1) is 0 Å². The minimum atomic E-state index is 0.121. The lowest BCUT2D eigenvalue weighted by molar-refractivity contribution is 0.0992. The predicted octanol–water partition coefficient (Wildman–Crippen LogP) is 4.33. The van der Waals surface area contributed by atoms with Gasteiger partial charge in [0, 0.05) is 35.5 Å². The first-order valence-electron chi connectivity index (χ1n) is 10.1. The lowest BCUT2D eigenvalue weighted by Crippen LogP contribution is -2.08. The second kappa shape index (κ2) is 7.24. The average Bonchev–Trinajstić information content (AvgIpc) is 3.19. The van der Waals surface area contributed by atoms with Crippen LogP contribution in [0.25, 0.3) is 22.0 Å². The maximum Gasteiger partial charge on any atom is 0.168 e. The summed E-state index contributed by atoms with van der Waals surface area (Å²) in [5, 5.41) is 10.3. The Morgan fingerprint density at radius 1 is 1.00 bits per heavy atom. The van der Waals surface area contributed by atoms with Gasteiger partial charge in [-0.3, -0.25) is 14.5 Å². The maximum atomic E-state index is 12.9. The van der Waals surface area contributed by atoms with E-state index in [0.29, 0.717) is 6.42 Å². The molecule has 2 heterocycles. The summed E-state index contributed by atoms with van der Waals surface area (Å²) in [4.78, 5) is 17.4. The molecule has 0 amide bonds. The minimum Gasteiger partial charge on any atom is -0.294 e. The number of rotatable bonds is 4. The topological polar surface area (TPSA) is 60.7 Å².